The van der Waals surface area contributed by atoms with E-state index in [1.165, 1.54) is 19.2 Å². The molecule has 11 heteroatoms. The van der Waals surface area contributed by atoms with E-state index < -0.39 is 23.8 Å². The van der Waals surface area contributed by atoms with Crippen LogP contribution in [0, 0.1) is 17.8 Å². The van der Waals surface area contributed by atoms with E-state index in [4.69, 9.17) is 34.2 Å². The molecular formula is C29H45NO10. The third-order valence-electron chi connectivity index (χ3n) is 6.68. The summed E-state index contributed by atoms with van der Waals surface area (Å²) in [6.07, 6.45) is 0.211. The highest BCUT2D eigenvalue weighted by atomic mass is 16.7. The first kappa shape index (κ1) is 34.7. The molecular weight excluding hydrogens is 522 g/mol. The van der Waals surface area contributed by atoms with Crippen molar-refractivity contribution in [3.63, 3.8) is 0 Å². The van der Waals surface area contributed by atoms with Crippen molar-refractivity contribution < 1.29 is 47.6 Å². The van der Waals surface area contributed by atoms with Crippen LogP contribution in [0.5, 0.6) is 11.5 Å². The molecule has 0 fully saturated rings. The number of nitrogens with two attached hydrogens (primary N) is 1. The van der Waals surface area contributed by atoms with Crippen molar-refractivity contribution in [2.24, 2.45) is 23.5 Å². The van der Waals surface area contributed by atoms with Crippen LogP contribution in [0.2, 0.25) is 0 Å². The predicted octanol–water partition coefficient (Wildman–Crippen LogP) is 5.20. The Kier molecular flexibility index (Phi) is 15.1. The molecule has 1 aromatic carbocycles. The zero-order chi connectivity index (χ0) is 30.3. The number of rotatable bonds is 16. The molecule has 0 radical (unpaired) electrons. The Labute approximate surface area is 236 Å². The minimum absolute atomic E-state index is 0.0187. The minimum Gasteiger partial charge on any atom is -0.468 e. The average Bonchev–Trinajstić information content (AvgIpc) is 2.94. The van der Waals surface area contributed by atoms with Crippen molar-refractivity contribution in [2.75, 3.05) is 26.9 Å². The van der Waals surface area contributed by atoms with E-state index in [1.54, 1.807) is 13.0 Å². The standard InChI is InChI=1S/C29H45NO10/c1-8-19(4)17-37-27(33)39-23-12-11-22(15-24(23)40-28(34)38-18-20(5)9-2)16-29(30,26(32)35-7)13-14-36-25(31)21(6)10-3/h11-12,15,19-21H,8-10,13-14,16-18,30H2,1-7H3/t19?,20?,21-,29?/m0/s1. The van der Waals surface area contributed by atoms with Gasteiger partial charge in [-0.3, -0.25) is 9.59 Å². The van der Waals surface area contributed by atoms with E-state index in [1.807, 2.05) is 34.6 Å². The predicted molar refractivity (Wildman–Crippen MR) is 147 cm³/mol. The summed E-state index contributed by atoms with van der Waals surface area (Å²) >= 11 is 0. The summed E-state index contributed by atoms with van der Waals surface area (Å²) in [5.74, 6) is -1.32. The first-order valence-corrected chi connectivity index (χ1v) is 13.7. The molecule has 0 amide bonds. The van der Waals surface area contributed by atoms with Gasteiger partial charge in [-0.05, 0) is 36.0 Å². The van der Waals surface area contributed by atoms with Gasteiger partial charge in [0.1, 0.15) is 5.54 Å². The lowest BCUT2D eigenvalue weighted by molar-refractivity contribution is -0.153. The fourth-order valence-electron chi connectivity index (χ4n) is 3.19. The molecule has 0 aliphatic rings. The molecule has 0 aliphatic heterocycles. The number of esters is 2. The molecule has 4 atom stereocenters. The minimum atomic E-state index is -1.56. The molecule has 3 unspecified atom stereocenters. The molecule has 2 N–H and O–H groups in total. The van der Waals surface area contributed by atoms with Gasteiger partial charge in [0.25, 0.3) is 0 Å². The molecule has 1 rings (SSSR count). The summed E-state index contributed by atoms with van der Waals surface area (Å²) in [5, 5.41) is 0. The Morgan fingerprint density at radius 3 is 1.88 bits per heavy atom. The lowest BCUT2D eigenvalue weighted by atomic mass is 9.88. The molecule has 0 bridgehead atoms. The van der Waals surface area contributed by atoms with Crippen LogP contribution in [0.4, 0.5) is 9.59 Å². The summed E-state index contributed by atoms with van der Waals surface area (Å²) < 4.78 is 31.2. The zero-order valence-electron chi connectivity index (χ0n) is 24.8. The van der Waals surface area contributed by atoms with Crippen molar-refractivity contribution in [3.8, 4) is 11.5 Å². The van der Waals surface area contributed by atoms with Crippen LogP contribution < -0.4 is 15.2 Å². The average molecular weight is 568 g/mol. The first-order chi connectivity index (χ1) is 18.9. The van der Waals surface area contributed by atoms with E-state index in [2.05, 4.69) is 0 Å². The monoisotopic (exact) mass is 567 g/mol. The van der Waals surface area contributed by atoms with Crippen molar-refractivity contribution in [3.05, 3.63) is 23.8 Å². The van der Waals surface area contributed by atoms with Gasteiger partial charge in [0.05, 0.1) is 32.8 Å². The number of methoxy groups -OCH3 is 1. The van der Waals surface area contributed by atoms with Crippen LogP contribution in [-0.4, -0.2) is 56.7 Å². The first-order valence-electron chi connectivity index (χ1n) is 13.7. The smallest absolute Gasteiger partial charge is 0.468 e. The Balaban J connectivity index is 3.17. The normalized spacial score (nSPS) is 14.6. The van der Waals surface area contributed by atoms with E-state index in [9.17, 15) is 19.2 Å². The van der Waals surface area contributed by atoms with Crippen LogP contribution in [0.25, 0.3) is 0 Å². The summed E-state index contributed by atoms with van der Waals surface area (Å²) in [6, 6.07) is 4.37. The molecule has 11 nitrogen and oxygen atoms in total. The van der Waals surface area contributed by atoms with Gasteiger partial charge in [-0.1, -0.05) is 60.5 Å². The fourth-order valence-corrected chi connectivity index (χ4v) is 3.19. The maximum atomic E-state index is 12.6. The van der Waals surface area contributed by atoms with E-state index in [-0.39, 0.29) is 67.9 Å². The zero-order valence-corrected chi connectivity index (χ0v) is 24.8. The Hall–Kier alpha value is -3.34. The number of carbonyl (C=O) groups excluding carboxylic acids is 4. The van der Waals surface area contributed by atoms with E-state index in [0.717, 1.165) is 12.8 Å². The highest BCUT2D eigenvalue weighted by molar-refractivity contribution is 5.81. The summed E-state index contributed by atoms with van der Waals surface area (Å²) in [6.45, 7) is 11.6. The molecule has 226 valence electrons. The van der Waals surface area contributed by atoms with Gasteiger partial charge in [-0.2, -0.15) is 0 Å². The highest BCUT2D eigenvalue weighted by Crippen LogP contribution is 2.31. The third kappa shape index (κ3) is 11.8. The van der Waals surface area contributed by atoms with Crippen LogP contribution >= 0.6 is 0 Å². The van der Waals surface area contributed by atoms with Crippen LogP contribution in [0.1, 0.15) is 72.8 Å². The Morgan fingerprint density at radius 1 is 0.825 bits per heavy atom. The molecule has 40 heavy (non-hydrogen) atoms. The lowest BCUT2D eigenvalue weighted by Gasteiger charge is -2.27. The number of benzene rings is 1. The lowest BCUT2D eigenvalue weighted by Crippen LogP contribution is -2.51. The molecule has 0 aliphatic carbocycles. The maximum Gasteiger partial charge on any atom is 0.513 e. The molecule has 0 heterocycles. The molecule has 0 saturated heterocycles. The van der Waals surface area contributed by atoms with Crippen LogP contribution in [0.15, 0.2) is 18.2 Å². The highest BCUT2D eigenvalue weighted by Gasteiger charge is 2.36. The summed E-state index contributed by atoms with van der Waals surface area (Å²) in [7, 11) is 1.21. The number of hydrogen-bond donors (Lipinski definition) is 1. The molecule has 0 saturated carbocycles. The molecule has 1 aromatic rings. The van der Waals surface area contributed by atoms with Crippen LogP contribution in [0.3, 0.4) is 0 Å². The van der Waals surface area contributed by atoms with E-state index in [0.29, 0.717) is 12.0 Å². The van der Waals surface area contributed by atoms with E-state index >= 15 is 0 Å². The topological polar surface area (TPSA) is 150 Å². The summed E-state index contributed by atoms with van der Waals surface area (Å²) in [4.78, 5) is 49.4. The number of carbonyl (C=O) groups is 4. The van der Waals surface area contributed by atoms with Gasteiger partial charge in [-0.15, -0.1) is 0 Å². The quantitative estimate of drug-likeness (QED) is 0.159. The molecule has 0 spiro atoms. The van der Waals surface area contributed by atoms with Crippen molar-refractivity contribution in [1.29, 1.82) is 0 Å². The van der Waals surface area contributed by atoms with Gasteiger partial charge < -0.3 is 34.2 Å². The largest absolute Gasteiger partial charge is 0.513 e. The van der Waals surface area contributed by atoms with Gasteiger partial charge >= 0.3 is 24.2 Å². The third-order valence-corrected chi connectivity index (χ3v) is 6.68. The maximum absolute atomic E-state index is 12.6. The van der Waals surface area contributed by atoms with Gasteiger partial charge in [0, 0.05) is 12.8 Å². The second-order valence-electron chi connectivity index (χ2n) is 10.2. The van der Waals surface area contributed by atoms with Gasteiger partial charge in [-0.25, -0.2) is 9.59 Å². The fraction of sp³-hybridized carbons (Fsp3) is 0.655. The SMILES string of the molecule is CCC(C)COC(=O)Oc1ccc(CC(N)(CCOC(=O)[C@@H](C)CC)C(=O)OC)cc1OC(=O)OCC(C)CC. The van der Waals surface area contributed by atoms with Crippen molar-refractivity contribution in [2.45, 2.75) is 79.2 Å². The van der Waals surface area contributed by atoms with Crippen molar-refractivity contribution >= 4 is 24.2 Å². The number of hydrogen-bond acceptors (Lipinski definition) is 11. The summed E-state index contributed by atoms with van der Waals surface area (Å²) in [5.41, 5.74) is 5.33. The van der Waals surface area contributed by atoms with Gasteiger partial charge in [0.2, 0.25) is 0 Å². The molecule has 0 aromatic heterocycles. The second kappa shape index (κ2) is 17.4. The van der Waals surface area contributed by atoms with Crippen molar-refractivity contribution in [1.82, 2.24) is 0 Å². The second-order valence-corrected chi connectivity index (χ2v) is 10.2. The Morgan fingerprint density at radius 2 is 1.38 bits per heavy atom. The number of ether oxygens (including phenoxy) is 6. The Bertz CT molecular complexity index is 982. The van der Waals surface area contributed by atoms with Crippen LogP contribution in [-0.2, 0) is 35.0 Å². The van der Waals surface area contributed by atoms with Gasteiger partial charge in [0.15, 0.2) is 11.5 Å².